The predicted molar refractivity (Wildman–Crippen MR) is 132 cm³/mol. The number of rotatable bonds is 9. The van der Waals surface area contributed by atoms with Crippen LogP contribution < -0.4 is 14.2 Å². The molecule has 4 rings (SSSR count). The van der Waals surface area contributed by atoms with Gasteiger partial charge in [-0.25, -0.2) is 12.8 Å². The van der Waals surface area contributed by atoms with E-state index in [0.29, 0.717) is 34.9 Å². The van der Waals surface area contributed by atoms with Crippen LogP contribution in [0.4, 0.5) is 4.39 Å². The Kier molecular flexibility index (Phi) is 8.04. The lowest BCUT2D eigenvalue weighted by molar-refractivity contribution is -0.139. The van der Waals surface area contributed by atoms with Crippen LogP contribution in [0.1, 0.15) is 37.7 Å². The summed E-state index contributed by atoms with van der Waals surface area (Å²) in [6.07, 6.45) is 4.16. The number of halogens is 2. The zero-order valence-electron chi connectivity index (χ0n) is 19.8. The van der Waals surface area contributed by atoms with Crippen LogP contribution in [0, 0.1) is 5.82 Å². The fourth-order valence-corrected chi connectivity index (χ4v) is 5.65. The first-order chi connectivity index (χ1) is 17.1. The largest absolute Gasteiger partial charge is 0.490 e. The molecule has 2 aliphatic rings. The zero-order valence-corrected chi connectivity index (χ0v) is 21.4. The Morgan fingerprint density at radius 1 is 1.11 bits per heavy atom. The number of aryl methyl sites for hydroxylation is 1. The van der Waals surface area contributed by atoms with E-state index in [1.54, 1.807) is 30.3 Å². The summed E-state index contributed by atoms with van der Waals surface area (Å²) in [5.41, 5.74) is 0.605. The van der Waals surface area contributed by atoms with Gasteiger partial charge in [0, 0.05) is 36.4 Å². The molecule has 2 aromatic carbocycles. The normalized spacial score (nSPS) is 21.2. The second kappa shape index (κ2) is 11.0. The summed E-state index contributed by atoms with van der Waals surface area (Å²) in [4.78, 5) is 26.9. The summed E-state index contributed by atoms with van der Waals surface area (Å²) in [5, 5.41) is 0.438. The van der Waals surface area contributed by atoms with Gasteiger partial charge in [0.15, 0.2) is 6.61 Å². The highest BCUT2D eigenvalue weighted by Gasteiger charge is 2.44. The fourth-order valence-electron chi connectivity index (χ4n) is 4.94. The summed E-state index contributed by atoms with van der Waals surface area (Å²) in [6, 6.07) is 10.9. The van der Waals surface area contributed by atoms with Gasteiger partial charge in [0.25, 0.3) is 5.91 Å². The number of hydrogen-bond acceptors (Lipinski definition) is 6. The molecule has 1 unspecified atom stereocenters. The molecule has 2 amide bonds. The lowest BCUT2D eigenvalue weighted by atomic mass is 9.99. The molecule has 0 radical (unpaired) electrons. The van der Waals surface area contributed by atoms with Crippen molar-refractivity contribution in [3.05, 3.63) is 58.9 Å². The van der Waals surface area contributed by atoms with Crippen molar-refractivity contribution in [2.75, 3.05) is 12.9 Å². The Labute approximate surface area is 214 Å². The van der Waals surface area contributed by atoms with E-state index in [-0.39, 0.29) is 49.4 Å². The summed E-state index contributed by atoms with van der Waals surface area (Å²) in [6.45, 7) is -0.166. The molecule has 36 heavy (non-hydrogen) atoms. The first-order valence-corrected chi connectivity index (χ1v) is 14.0. The first kappa shape index (κ1) is 26.2. The van der Waals surface area contributed by atoms with Gasteiger partial charge in [0.1, 0.15) is 23.4 Å². The van der Waals surface area contributed by atoms with Gasteiger partial charge in [-0.05, 0) is 67.3 Å². The molecule has 2 aliphatic heterocycles. The minimum absolute atomic E-state index is 0.0427. The average molecular weight is 539 g/mol. The number of carbonyl (C=O) groups excluding carboxylic acids is 2. The van der Waals surface area contributed by atoms with E-state index >= 15 is 0 Å². The third kappa shape index (κ3) is 6.88. The molecule has 1 N–H and O–H groups in total. The number of amides is 2. The molecule has 3 atom stereocenters. The van der Waals surface area contributed by atoms with E-state index in [4.69, 9.17) is 21.1 Å². The standard InChI is InChI=1S/C25H28ClFN2O6S/c1-36(32,33)28-24(30)11-2-16-12-17(26)3-10-23(16)34-15-25(31)29-19-6-7-20(29)14-22(13-19)35-21-8-4-18(27)5-9-21/h3-5,8-10,12,19-20,22H,2,6-7,11,13-15H2,1H3,(H,28,30)/t19-,20+,22?. The third-order valence-electron chi connectivity index (χ3n) is 6.39. The summed E-state index contributed by atoms with van der Waals surface area (Å²) in [7, 11) is -3.64. The Hall–Kier alpha value is -2.85. The fraction of sp³-hybridized carbons (Fsp3) is 0.440. The van der Waals surface area contributed by atoms with Crippen molar-refractivity contribution in [3.63, 3.8) is 0 Å². The molecular formula is C25H28ClFN2O6S. The van der Waals surface area contributed by atoms with Crippen LogP contribution >= 0.6 is 11.6 Å². The van der Waals surface area contributed by atoms with Crippen molar-refractivity contribution < 1.29 is 31.9 Å². The van der Waals surface area contributed by atoms with Crippen LogP contribution in [0.3, 0.4) is 0 Å². The SMILES string of the molecule is CS(=O)(=O)NC(=O)CCc1cc(Cl)ccc1OCC(=O)N1[C@@H]2CC[C@H]1CC(Oc1ccc(F)cc1)C2. The van der Waals surface area contributed by atoms with Crippen LogP contribution in [-0.4, -0.2) is 56.2 Å². The monoisotopic (exact) mass is 538 g/mol. The molecule has 2 bridgehead atoms. The minimum atomic E-state index is -3.64. The molecule has 0 aromatic heterocycles. The van der Waals surface area contributed by atoms with Gasteiger partial charge >= 0.3 is 0 Å². The summed E-state index contributed by atoms with van der Waals surface area (Å²) in [5.74, 6) is -0.0460. The number of nitrogens with one attached hydrogen (secondary N) is 1. The molecule has 2 heterocycles. The topological polar surface area (TPSA) is 102 Å². The van der Waals surface area contributed by atoms with Crippen LogP contribution in [0.2, 0.25) is 5.02 Å². The van der Waals surface area contributed by atoms with Crippen LogP contribution in [0.25, 0.3) is 0 Å². The Morgan fingerprint density at radius 3 is 2.42 bits per heavy atom. The number of benzene rings is 2. The van der Waals surface area contributed by atoms with Crippen molar-refractivity contribution >= 4 is 33.4 Å². The Bertz CT molecular complexity index is 1210. The van der Waals surface area contributed by atoms with E-state index in [1.807, 2.05) is 9.62 Å². The van der Waals surface area contributed by atoms with Crippen molar-refractivity contribution in [1.29, 1.82) is 0 Å². The molecule has 2 fully saturated rings. The van der Waals surface area contributed by atoms with Gasteiger partial charge in [0.05, 0.1) is 6.26 Å². The minimum Gasteiger partial charge on any atom is -0.490 e. The third-order valence-corrected chi connectivity index (χ3v) is 7.22. The van der Waals surface area contributed by atoms with E-state index < -0.39 is 15.9 Å². The highest BCUT2D eigenvalue weighted by atomic mass is 35.5. The second-order valence-corrected chi connectivity index (χ2v) is 11.4. The van der Waals surface area contributed by atoms with Gasteiger partial charge < -0.3 is 14.4 Å². The van der Waals surface area contributed by atoms with Crippen molar-refractivity contribution in [1.82, 2.24) is 9.62 Å². The molecule has 194 valence electrons. The summed E-state index contributed by atoms with van der Waals surface area (Å²) < 4.78 is 49.4. The number of fused-ring (bicyclic) bond motifs is 2. The molecule has 11 heteroatoms. The molecule has 2 saturated heterocycles. The average Bonchev–Trinajstić information content (AvgIpc) is 3.07. The first-order valence-electron chi connectivity index (χ1n) is 11.7. The Balaban J connectivity index is 1.33. The second-order valence-electron chi connectivity index (χ2n) is 9.19. The van der Waals surface area contributed by atoms with E-state index in [1.165, 1.54) is 12.1 Å². The van der Waals surface area contributed by atoms with Crippen molar-refractivity contribution in [2.45, 2.75) is 56.7 Å². The molecule has 0 spiro atoms. The smallest absolute Gasteiger partial charge is 0.261 e. The maximum atomic E-state index is 13.2. The van der Waals surface area contributed by atoms with Gasteiger partial charge in [-0.2, -0.15) is 0 Å². The van der Waals surface area contributed by atoms with Gasteiger partial charge in [-0.15, -0.1) is 0 Å². The summed E-state index contributed by atoms with van der Waals surface area (Å²) >= 11 is 6.09. The van der Waals surface area contributed by atoms with Crippen molar-refractivity contribution in [2.24, 2.45) is 0 Å². The zero-order chi connectivity index (χ0) is 25.9. The number of carbonyl (C=O) groups is 2. The number of hydrogen-bond donors (Lipinski definition) is 1. The van der Waals surface area contributed by atoms with Gasteiger partial charge in [-0.1, -0.05) is 11.6 Å². The molecule has 2 aromatic rings. The number of sulfonamides is 1. The van der Waals surface area contributed by atoms with Crippen LogP contribution in [0.15, 0.2) is 42.5 Å². The van der Waals surface area contributed by atoms with E-state index in [0.717, 1.165) is 19.1 Å². The quantitative estimate of drug-likeness (QED) is 0.524. The van der Waals surface area contributed by atoms with Gasteiger partial charge in [-0.3, -0.25) is 14.3 Å². The molecule has 8 nitrogen and oxygen atoms in total. The number of nitrogens with zero attached hydrogens (tertiary/aromatic N) is 1. The number of piperidine rings is 1. The van der Waals surface area contributed by atoms with Crippen LogP contribution in [-0.2, 0) is 26.0 Å². The molecule has 0 aliphatic carbocycles. The highest BCUT2D eigenvalue weighted by molar-refractivity contribution is 7.89. The van der Waals surface area contributed by atoms with Crippen molar-refractivity contribution in [3.8, 4) is 11.5 Å². The number of ether oxygens (including phenoxy) is 2. The van der Waals surface area contributed by atoms with Gasteiger partial charge in [0.2, 0.25) is 15.9 Å². The molecule has 0 saturated carbocycles. The highest BCUT2D eigenvalue weighted by Crippen LogP contribution is 2.37. The lowest BCUT2D eigenvalue weighted by Gasteiger charge is -2.38. The predicted octanol–water partition coefficient (Wildman–Crippen LogP) is 3.47. The van der Waals surface area contributed by atoms with E-state index in [2.05, 4.69) is 0 Å². The maximum absolute atomic E-state index is 13.2. The molecular weight excluding hydrogens is 511 g/mol. The lowest BCUT2D eigenvalue weighted by Crippen LogP contribution is -2.50. The Morgan fingerprint density at radius 2 is 1.78 bits per heavy atom. The maximum Gasteiger partial charge on any atom is 0.261 e. The van der Waals surface area contributed by atoms with E-state index in [9.17, 15) is 22.4 Å². The van der Waals surface area contributed by atoms with Crippen LogP contribution in [0.5, 0.6) is 11.5 Å².